The highest BCUT2D eigenvalue weighted by Gasteiger charge is 2.47. The molecule has 40 heavy (non-hydrogen) atoms. The number of aliphatic hydroxyl groups is 5. The highest BCUT2D eigenvalue weighted by Crippen LogP contribution is 2.37. The Labute approximate surface area is 225 Å². The molecule has 2 aliphatic heterocycles. The molecule has 8 N–H and O–H groups in total. The average Bonchev–Trinajstić information content (AvgIpc) is 2.91. The Bertz CT molecular complexity index is 1420. The van der Waals surface area contributed by atoms with Crippen molar-refractivity contribution in [3.8, 4) is 34.3 Å². The Hall–Kier alpha value is -3.47. The number of fused-ring (bicyclic) bond motifs is 1. The first-order valence-corrected chi connectivity index (χ1v) is 12.3. The quantitative estimate of drug-likeness (QED) is 0.191. The van der Waals surface area contributed by atoms with Crippen LogP contribution in [0.5, 0.6) is 23.0 Å². The van der Waals surface area contributed by atoms with Crippen LogP contribution in [0.2, 0.25) is 0 Å². The maximum Gasteiger partial charge on any atom is 0.239 e. The molecule has 2 fully saturated rings. The summed E-state index contributed by atoms with van der Waals surface area (Å²) in [7, 11) is 0. The van der Waals surface area contributed by atoms with Gasteiger partial charge in [-0.1, -0.05) is 0 Å². The Morgan fingerprint density at radius 1 is 0.825 bits per heavy atom. The predicted molar refractivity (Wildman–Crippen MR) is 133 cm³/mol. The van der Waals surface area contributed by atoms with Gasteiger partial charge in [-0.3, -0.25) is 4.79 Å². The standard InChI is InChI=1S/C26H28O14/c1-9-17(30)20(33)22(35)26(37-9)39-15-8-36-25(21(34)18(15)31)40-24-19(32)16-13(29)6-12(28)7-14(16)38-23(24)10-2-4-11(27)5-3-10/h2-7,9,15,17-18,20-22,25-31,33-35H,8H2,1H3/t9?,15-,17+,18?,20?,21?,22+,25+,26+/m1/s1. The first-order valence-electron chi connectivity index (χ1n) is 12.3. The zero-order valence-electron chi connectivity index (χ0n) is 20.9. The minimum Gasteiger partial charge on any atom is -0.508 e. The van der Waals surface area contributed by atoms with Crippen molar-refractivity contribution < 1.29 is 64.2 Å². The molecule has 3 aromatic rings. The summed E-state index contributed by atoms with van der Waals surface area (Å²) in [4.78, 5) is 13.4. The van der Waals surface area contributed by atoms with Gasteiger partial charge in [-0.15, -0.1) is 0 Å². The molecule has 0 spiro atoms. The van der Waals surface area contributed by atoms with E-state index in [-0.39, 0.29) is 33.8 Å². The second-order valence-electron chi connectivity index (χ2n) is 9.63. The lowest BCUT2D eigenvalue weighted by Crippen LogP contribution is -2.61. The van der Waals surface area contributed by atoms with Gasteiger partial charge in [0, 0.05) is 17.7 Å². The maximum absolute atomic E-state index is 13.4. The third kappa shape index (κ3) is 5.07. The van der Waals surface area contributed by atoms with E-state index in [9.17, 15) is 45.6 Å². The zero-order chi connectivity index (χ0) is 28.9. The second-order valence-corrected chi connectivity index (χ2v) is 9.63. The third-order valence-corrected chi connectivity index (χ3v) is 6.83. The maximum atomic E-state index is 13.4. The number of hydrogen-bond donors (Lipinski definition) is 8. The van der Waals surface area contributed by atoms with Gasteiger partial charge < -0.3 is 64.2 Å². The Kier molecular flexibility index (Phi) is 7.60. The number of phenolic OH excluding ortho intramolecular Hbond substituents is 3. The van der Waals surface area contributed by atoms with Gasteiger partial charge in [-0.2, -0.15) is 0 Å². The minimum absolute atomic E-state index is 0.0756. The summed E-state index contributed by atoms with van der Waals surface area (Å²) in [5.41, 5.74) is -0.810. The molecular formula is C26H28O14. The van der Waals surface area contributed by atoms with Gasteiger partial charge in [-0.05, 0) is 31.2 Å². The van der Waals surface area contributed by atoms with Gasteiger partial charge in [0.05, 0.1) is 12.7 Å². The molecule has 5 rings (SSSR count). The molecular weight excluding hydrogens is 536 g/mol. The third-order valence-electron chi connectivity index (χ3n) is 6.83. The molecule has 216 valence electrons. The SMILES string of the molecule is CC1O[C@@H](O[C@@H]2CO[C@@H](Oc3c(-c4ccc(O)cc4)oc4cc(O)cc(O)c4c3=O)C(O)C2O)[C@@H](O)C(O)[C@H]1O. The molecule has 1 aromatic heterocycles. The largest absolute Gasteiger partial charge is 0.508 e. The van der Waals surface area contributed by atoms with Crippen LogP contribution in [0.25, 0.3) is 22.3 Å². The van der Waals surface area contributed by atoms with Crippen LogP contribution >= 0.6 is 0 Å². The normalized spacial score (nSPS) is 32.7. The van der Waals surface area contributed by atoms with E-state index >= 15 is 0 Å². The molecule has 14 heteroatoms. The summed E-state index contributed by atoms with van der Waals surface area (Å²) in [5.74, 6) is -1.74. The lowest BCUT2D eigenvalue weighted by molar-refractivity contribution is -0.333. The van der Waals surface area contributed by atoms with E-state index in [0.29, 0.717) is 0 Å². The first kappa shape index (κ1) is 28.1. The Morgan fingerprint density at radius 2 is 1.50 bits per heavy atom. The van der Waals surface area contributed by atoms with Gasteiger partial charge >= 0.3 is 0 Å². The van der Waals surface area contributed by atoms with E-state index in [2.05, 4.69) is 0 Å². The van der Waals surface area contributed by atoms with E-state index in [1.54, 1.807) is 0 Å². The van der Waals surface area contributed by atoms with Crippen molar-refractivity contribution >= 4 is 11.0 Å². The van der Waals surface area contributed by atoms with Gasteiger partial charge in [0.1, 0.15) is 64.8 Å². The van der Waals surface area contributed by atoms with E-state index in [1.165, 1.54) is 31.2 Å². The lowest BCUT2D eigenvalue weighted by Gasteiger charge is -2.43. The molecule has 0 saturated carbocycles. The first-order chi connectivity index (χ1) is 19.0. The number of hydrogen-bond acceptors (Lipinski definition) is 14. The van der Waals surface area contributed by atoms with Crippen LogP contribution in [-0.2, 0) is 14.2 Å². The van der Waals surface area contributed by atoms with Crippen molar-refractivity contribution in [2.45, 2.75) is 62.2 Å². The van der Waals surface area contributed by atoms with Crippen molar-refractivity contribution in [2.75, 3.05) is 6.61 Å². The van der Waals surface area contributed by atoms with Crippen molar-refractivity contribution in [1.29, 1.82) is 0 Å². The van der Waals surface area contributed by atoms with Crippen LogP contribution in [-0.4, -0.2) is 103 Å². The molecule has 0 amide bonds. The second kappa shape index (κ2) is 10.8. The topological polar surface area (TPSA) is 229 Å². The van der Waals surface area contributed by atoms with Crippen LogP contribution < -0.4 is 10.2 Å². The van der Waals surface area contributed by atoms with E-state index < -0.39 is 78.8 Å². The smallest absolute Gasteiger partial charge is 0.239 e. The number of phenols is 3. The minimum atomic E-state index is -1.82. The van der Waals surface area contributed by atoms with Gasteiger partial charge in [0.25, 0.3) is 0 Å². The van der Waals surface area contributed by atoms with Crippen LogP contribution in [0, 0.1) is 0 Å². The summed E-state index contributed by atoms with van der Waals surface area (Å²) in [5, 5.41) is 81.1. The van der Waals surface area contributed by atoms with E-state index in [4.69, 9.17) is 23.4 Å². The highest BCUT2D eigenvalue weighted by atomic mass is 16.7. The van der Waals surface area contributed by atoms with E-state index in [1.807, 2.05) is 0 Å². The lowest BCUT2D eigenvalue weighted by atomic mass is 9.99. The van der Waals surface area contributed by atoms with Crippen LogP contribution in [0.4, 0.5) is 0 Å². The molecule has 9 atom stereocenters. The summed E-state index contributed by atoms with van der Waals surface area (Å²) < 4.78 is 27.9. The number of ether oxygens (including phenoxy) is 4. The summed E-state index contributed by atoms with van der Waals surface area (Å²) in [6, 6.07) is 7.50. The fourth-order valence-corrected chi connectivity index (χ4v) is 4.58. The molecule has 14 nitrogen and oxygen atoms in total. The molecule has 4 unspecified atom stereocenters. The number of rotatable bonds is 5. The monoisotopic (exact) mass is 564 g/mol. The van der Waals surface area contributed by atoms with Crippen molar-refractivity contribution in [2.24, 2.45) is 0 Å². The number of aromatic hydroxyl groups is 3. The van der Waals surface area contributed by atoms with Crippen molar-refractivity contribution in [1.82, 2.24) is 0 Å². The van der Waals surface area contributed by atoms with Crippen molar-refractivity contribution in [3.05, 3.63) is 46.6 Å². The average molecular weight is 564 g/mol. The fraction of sp³-hybridized carbons (Fsp3) is 0.423. The van der Waals surface area contributed by atoms with Gasteiger partial charge in [-0.25, -0.2) is 0 Å². The predicted octanol–water partition coefficient (Wildman–Crippen LogP) is -0.754. The van der Waals surface area contributed by atoms with E-state index in [0.717, 1.165) is 12.1 Å². The molecule has 2 saturated heterocycles. The van der Waals surface area contributed by atoms with Gasteiger partial charge in [0.2, 0.25) is 17.5 Å². The number of benzene rings is 2. The zero-order valence-corrected chi connectivity index (χ0v) is 20.9. The fourth-order valence-electron chi connectivity index (χ4n) is 4.58. The summed E-state index contributed by atoms with van der Waals surface area (Å²) in [6.45, 7) is 1.03. The molecule has 2 aliphatic rings. The van der Waals surface area contributed by atoms with Crippen molar-refractivity contribution in [3.63, 3.8) is 0 Å². The molecule has 0 bridgehead atoms. The van der Waals surface area contributed by atoms with Crippen LogP contribution in [0.1, 0.15) is 6.92 Å². The summed E-state index contributed by atoms with van der Waals surface area (Å²) in [6.07, 6.45) is -13.4. The van der Waals surface area contributed by atoms with Gasteiger partial charge in [0.15, 0.2) is 12.1 Å². The summed E-state index contributed by atoms with van der Waals surface area (Å²) >= 11 is 0. The van der Waals surface area contributed by atoms with Crippen LogP contribution in [0.3, 0.4) is 0 Å². The molecule has 2 aromatic carbocycles. The Balaban J connectivity index is 1.43. The van der Waals surface area contributed by atoms with Crippen LogP contribution in [0.15, 0.2) is 45.6 Å². The highest BCUT2D eigenvalue weighted by molar-refractivity contribution is 5.88. The Morgan fingerprint density at radius 3 is 2.20 bits per heavy atom. The molecule has 0 radical (unpaired) electrons. The molecule has 0 aliphatic carbocycles. The number of aliphatic hydroxyl groups excluding tert-OH is 5. The molecule has 3 heterocycles.